The fourth-order valence-electron chi connectivity index (χ4n) is 3.68. The first-order chi connectivity index (χ1) is 9.86. The van der Waals surface area contributed by atoms with E-state index in [2.05, 4.69) is 19.9 Å². The summed E-state index contributed by atoms with van der Waals surface area (Å²) in [5.74, 6) is -0.674. The lowest BCUT2D eigenvalue weighted by Crippen LogP contribution is -2.61. The standard InChI is InChI=1S/C17H30O4/c1-6-14-7-8-17(20-13(14)5)12(4)15(19)11(3)16(21-17)10(2)9-18/h7-8,10-16,18-19H,6,9H2,1-5H3/t10-,11-,12-,13+,14-,15+,16-,17+/m0/s1. The van der Waals surface area contributed by atoms with Gasteiger partial charge in [0, 0.05) is 30.3 Å². The minimum atomic E-state index is -0.870. The number of aliphatic hydroxyl groups excluding tert-OH is 2. The predicted octanol–water partition coefficient (Wildman–Crippen LogP) is 2.34. The summed E-state index contributed by atoms with van der Waals surface area (Å²) in [7, 11) is 0. The summed E-state index contributed by atoms with van der Waals surface area (Å²) in [5.41, 5.74) is 0. The fraction of sp³-hybridized carbons (Fsp3) is 0.882. The minimum absolute atomic E-state index is 0.0241. The maximum atomic E-state index is 10.6. The lowest BCUT2D eigenvalue weighted by molar-refractivity contribution is -0.337. The van der Waals surface area contributed by atoms with Crippen LogP contribution in [0.5, 0.6) is 0 Å². The summed E-state index contributed by atoms with van der Waals surface area (Å²) < 4.78 is 12.5. The number of rotatable bonds is 3. The van der Waals surface area contributed by atoms with Crippen LogP contribution in [-0.2, 0) is 9.47 Å². The van der Waals surface area contributed by atoms with Crippen molar-refractivity contribution in [3.8, 4) is 0 Å². The molecule has 0 aliphatic carbocycles. The van der Waals surface area contributed by atoms with E-state index in [1.54, 1.807) is 0 Å². The van der Waals surface area contributed by atoms with Gasteiger partial charge in [-0.05, 0) is 19.4 Å². The maximum Gasteiger partial charge on any atom is 0.193 e. The third kappa shape index (κ3) is 2.91. The molecule has 122 valence electrons. The van der Waals surface area contributed by atoms with Crippen molar-refractivity contribution in [1.29, 1.82) is 0 Å². The molecule has 0 bridgehead atoms. The van der Waals surface area contributed by atoms with E-state index in [1.165, 1.54) is 0 Å². The average Bonchev–Trinajstić information content (AvgIpc) is 2.48. The Bertz CT molecular complexity index is 383. The van der Waals surface area contributed by atoms with Crippen molar-refractivity contribution in [1.82, 2.24) is 0 Å². The van der Waals surface area contributed by atoms with Crippen molar-refractivity contribution < 1.29 is 19.7 Å². The van der Waals surface area contributed by atoms with Gasteiger partial charge in [-0.2, -0.15) is 0 Å². The highest BCUT2D eigenvalue weighted by Crippen LogP contribution is 2.44. The van der Waals surface area contributed by atoms with Gasteiger partial charge in [-0.25, -0.2) is 0 Å². The van der Waals surface area contributed by atoms with Gasteiger partial charge in [0.25, 0.3) is 0 Å². The fourth-order valence-corrected chi connectivity index (χ4v) is 3.68. The SMILES string of the molecule is CC[C@H]1C=C[C@]2(O[C@@H]([C@@H](C)CO)[C@@H](C)[C@@H](O)[C@@H]2C)O[C@@H]1C. The molecule has 21 heavy (non-hydrogen) atoms. The van der Waals surface area contributed by atoms with E-state index in [4.69, 9.17) is 9.47 Å². The highest BCUT2D eigenvalue weighted by molar-refractivity contribution is 5.11. The highest BCUT2D eigenvalue weighted by Gasteiger charge is 2.53. The van der Waals surface area contributed by atoms with E-state index in [0.717, 1.165) is 6.42 Å². The Morgan fingerprint density at radius 1 is 1.24 bits per heavy atom. The van der Waals surface area contributed by atoms with Crippen LogP contribution in [-0.4, -0.2) is 40.9 Å². The summed E-state index contributed by atoms with van der Waals surface area (Å²) in [6.07, 6.45) is 4.51. The molecule has 4 heteroatoms. The monoisotopic (exact) mass is 298 g/mol. The van der Waals surface area contributed by atoms with Crippen LogP contribution < -0.4 is 0 Å². The van der Waals surface area contributed by atoms with E-state index < -0.39 is 11.9 Å². The van der Waals surface area contributed by atoms with Crippen LogP contribution in [0.25, 0.3) is 0 Å². The molecule has 2 N–H and O–H groups in total. The van der Waals surface area contributed by atoms with E-state index in [0.29, 0.717) is 5.92 Å². The van der Waals surface area contributed by atoms with Gasteiger partial charge in [-0.3, -0.25) is 0 Å². The molecule has 1 saturated heterocycles. The maximum absolute atomic E-state index is 10.6. The average molecular weight is 298 g/mol. The third-order valence-corrected chi connectivity index (χ3v) is 5.39. The molecular weight excluding hydrogens is 268 g/mol. The molecule has 8 atom stereocenters. The molecule has 0 aromatic heterocycles. The van der Waals surface area contributed by atoms with Gasteiger partial charge in [0.2, 0.25) is 0 Å². The Balaban J connectivity index is 2.30. The zero-order valence-electron chi connectivity index (χ0n) is 13.8. The van der Waals surface area contributed by atoms with E-state index in [1.807, 2.05) is 26.8 Å². The molecule has 0 amide bonds. The quantitative estimate of drug-likeness (QED) is 0.785. The van der Waals surface area contributed by atoms with Crippen LogP contribution in [0.15, 0.2) is 12.2 Å². The Hall–Kier alpha value is -0.420. The molecule has 1 fully saturated rings. The molecule has 2 rings (SSSR count). The zero-order chi connectivity index (χ0) is 15.8. The van der Waals surface area contributed by atoms with Crippen LogP contribution in [0.4, 0.5) is 0 Å². The van der Waals surface area contributed by atoms with Crippen molar-refractivity contribution in [3.63, 3.8) is 0 Å². The molecule has 4 nitrogen and oxygen atoms in total. The molecular formula is C17H30O4. The van der Waals surface area contributed by atoms with Crippen LogP contribution in [0.3, 0.4) is 0 Å². The first-order valence-corrected chi connectivity index (χ1v) is 8.20. The topological polar surface area (TPSA) is 58.9 Å². The molecule has 0 aromatic carbocycles. The van der Waals surface area contributed by atoms with Gasteiger partial charge in [0.05, 0.1) is 18.3 Å². The van der Waals surface area contributed by atoms with E-state index in [9.17, 15) is 10.2 Å². The lowest BCUT2D eigenvalue weighted by Gasteiger charge is -2.53. The second-order valence-electron chi connectivity index (χ2n) is 6.86. The Morgan fingerprint density at radius 3 is 2.43 bits per heavy atom. The van der Waals surface area contributed by atoms with Crippen LogP contribution in [0, 0.1) is 23.7 Å². The second-order valence-corrected chi connectivity index (χ2v) is 6.86. The van der Waals surface area contributed by atoms with Crippen molar-refractivity contribution in [3.05, 3.63) is 12.2 Å². The van der Waals surface area contributed by atoms with Crippen molar-refractivity contribution in [2.24, 2.45) is 23.7 Å². The first kappa shape index (κ1) is 16.9. The summed E-state index contributed by atoms with van der Waals surface area (Å²) in [5, 5.41) is 20.1. The highest BCUT2D eigenvalue weighted by atomic mass is 16.7. The van der Waals surface area contributed by atoms with Crippen LogP contribution >= 0.6 is 0 Å². The van der Waals surface area contributed by atoms with E-state index in [-0.39, 0.29) is 36.6 Å². The van der Waals surface area contributed by atoms with Gasteiger partial charge in [0.1, 0.15) is 0 Å². The predicted molar refractivity (Wildman–Crippen MR) is 81.7 cm³/mol. The molecule has 0 radical (unpaired) electrons. The minimum Gasteiger partial charge on any atom is -0.396 e. The largest absolute Gasteiger partial charge is 0.396 e. The summed E-state index contributed by atoms with van der Waals surface area (Å²) >= 11 is 0. The molecule has 1 spiro atoms. The molecule has 2 aliphatic heterocycles. The Kier molecular flexibility index (Phi) is 5.14. The molecule has 0 unspecified atom stereocenters. The van der Waals surface area contributed by atoms with Crippen LogP contribution in [0.2, 0.25) is 0 Å². The van der Waals surface area contributed by atoms with Gasteiger partial charge in [-0.15, -0.1) is 0 Å². The molecule has 2 heterocycles. The number of aliphatic hydroxyl groups is 2. The van der Waals surface area contributed by atoms with Gasteiger partial charge in [-0.1, -0.05) is 33.8 Å². The van der Waals surface area contributed by atoms with Gasteiger partial charge < -0.3 is 19.7 Å². The smallest absolute Gasteiger partial charge is 0.193 e. The Labute approximate surface area is 128 Å². The first-order valence-electron chi connectivity index (χ1n) is 8.20. The second kappa shape index (κ2) is 6.37. The lowest BCUT2D eigenvalue weighted by atomic mass is 9.76. The van der Waals surface area contributed by atoms with Gasteiger partial charge in [0.15, 0.2) is 5.79 Å². The zero-order valence-corrected chi connectivity index (χ0v) is 13.8. The third-order valence-electron chi connectivity index (χ3n) is 5.39. The van der Waals surface area contributed by atoms with E-state index >= 15 is 0 Å². The van der Waals surface area contributed by atoms with Crippen molar-refractivity contribution in [2.75, 3.05) is 6.61 Å². The van der Waals surface area contributed by atoms with Gasteiger partial charge >= 0.3 is 0 Å². The number of ether oxygens (including phenoxy) is 2. The van der Waals surface area contributed by atoms with Crippen LogP contribution in [0.1, 0.15) is 41.0 Å². The molecule has 2 aliphatic rings. The van der Waals surface area contributed by atoms with Crippen molar-refractivity contribution >= 4 is 0 Å². The summed E-state index contributed by atoms with van der Waals surface area (Å²) in [6.45, 7) is 10.2. The number of hydrogen-bond acceptors (Lipinski definition) is 4. The summed E-state index contributed by atoms with van der Waals surface area (Å²) in [4.78, 5) is 0. The summed E-state index contributed by atoms with van der Waals surface area (Å²) in [6, 6.07) is 0. The molecule has 0 aromatic rings. The van der Waals surface area contributed by atoms with Crippen molar-refractivity contribution in [2.45, 2.75) is 65.1 Å². The number of hydrogen-bond donors (Lipinski definition) is 2. The molecule has 0 saturated carbocycles. The Morgan fingerprint density at radius 2 is 1.90 bits per heavy atom. The normalized spacial score (nSPS) is 48.5.